The van der Waals surface area contributed by atoms with Gasteiger partial charge in [-0.2, -0.15) is 0 Å². The van der Waals surface area contributed by atoms with Crippen LogP contribution >= 0.6 is 27.3 Å². The molecule has 0 aliphatic rings. The molecule has 0 atom stereocenters. The fourth-order valence-corrected chi connectivity index (χ4v) is 3.37. The molecule has 1 heterocycles. The first kappa shape index (κ1) is 18.3. The van der Waals surface area contributed by atoms with E-state index in [9.17, 15) is 9.18 Å². The second kappa shape index (κ2) is 7.84. The minimum Gasteiger partial charge on any atom is -0.497 e. The van der Waals surface area contributed by atoms with Gasteiger partial charge in [-0.05, 0) is 36.4 Å². The molecule has 5 nitrogen and oxygen atoms in total. The molecule has 26 heavy (non-hydrogen) atoms. The molecule has 0 fully saturated rings. The smallest absolute Gasteiger partial charge is 0.260 e. The van der Waals surface area contributed by atoms with Crippen LogP contribution in [-0.4, -0.2) is 25.1 Å². The molecule has 0 radical (unpaired) electrons. The van der Waals surface area contributed by atoms with E-state index in [0.29, 0.717) is 26.8 Å². The predicted molar refractivity (Wildman–Crippen MR) is 103 cm³/mol. The number of nitrogens with zero attached hydrogens (tertiary/aromatic N) is 1. The number of carbonyl (C=O) groups is 1. The van der Waals surface area contributed by atoms with E-state index in [2.05, 4.69) is 26.2 Å². The van der Waals surface area contributed by atoms with Gasteiger partial charge in [-0.3, -0.25) is 10.1 Å². The van der Waals surface area contributed by atoms with E-state index in [1.807, 2.05) is 0 Å². The average Bonchev–Trinajstić information content (AvgIpc) is 3.11. The lowest BCUT2D eigenvalue weighted by atomic mass is 10.1. The van der Waals surface area contributed by atoms with Crippen molar-refractivity contribution in [3.05, 3.63) is 57.6 Å². The number of thiazole rings is 1. The summed E-state index contributed by atoms with van der Waals surface area (Å²) in [5, 5.41) is 4.76. The number of rotatable bonds is 5. The molecule has 0 saturated heterocycles. The molecule has 0 bridgehead atoms. The van der Waals surface area contributed by atoms with E-state index >= 15 is 0 Å². The summed E-state index contributed by atoms with van der Waals surface area (Å²) in [4.78, 5) is 16.7. The van der Waals surface area contributed by atoms with E-state index in [-0.39, 0.29) is 5.56 Å². The van der Waals surface area contributed by atoms with Crippen LogP contribution in [0.1, 0.15) is 10.4 Å². The molecular weight excluding hydrogens is 423 g/mol. The van der Waals surface area contributed by atoms with E-state index < -0.39 is 11.7 Å². The van der Waals surface area contributed by atoms with Crippen molar-refractivity contribution in [2.75, 3.05) is 19.5 Å². The third-order valence-electron chi connectivity index (χ3n) is 3.58. The van der Waals surface area contributed by atoms with E-state index in [4.69, 9.17) is 9.47 Å². The lowest BCUT2D eigenvalue weighted by Crippen LogP contribution is -2.13. The first-order chi connectivity index (χ1) is 12.5. The van der Waals surface area contributed by atoms with Crippen LogP contribution in [0.2, 0.25) is 0 Å². The third-order valence-corrected chi connectivity index (χ3v) is 4.83. The Morgan fingerprint density at radius 1 is 1.19 bits per heavy atom. The molecule has 3 aromatic rings. The van der Waals surface area contributed by atoms with Crippen molar-refractivity contribution in [2.24, 2.45) is 0 Å². The molecule has 8 heteroatoms. The average molecular weight is 437 g/mol. The number of aromatic nitrogens is 1. The van der Waals surface area contributed by atoms with Crippen molar-refractivity contribution in [3.8, 4) is 22.8 Å². The quantitative estimate of drug-likeness (QED) is 0.612. The number of nitrogens with one attached hydrogen (secondary N) is 1. The molecule has 2 aromatic carbocycles. The molecule has 0 unspecified atom stereocenters. The molecule has 134 valence electrons. The number of hydrogen-bond donors (Lipinski definition) is 1. The Hall–Kier alpha value is -2.45. The Kier molecular flexibility index (Phi) is 5.53. The summed E-state index contributed by atoms with van der Waals surface area (Å²) in [5.41, 5.74) is 1.29. The van der Waals surface area contributed by atoms with Crippen LogP contribution in [0.3, 0.4) is 0 Å². The standard InChI is InChI=1S/C18H14BrFN2O3S/c1-24-11-4-6-16(25-2)13(8-11)15-9-26-18(21-15)22-17(23)12-7-10(19)3-5-14(12)20/h3-9H,1-2H3,(H,21,22,23). The van der Waals surface area contributed by atoms with Gasteiger partial charge in [-0.15, -0.1) is 11.3 Å². The monoisotopic (exact) mass is 436 g/mol. The molecular formula is C18H14BrFN2O3S. The van der Waals surface area contributed by atoms with Crippen molar-refractivity contribution < 1.29 is 18.7 Å². The highest BCUT2D eigenvalue weighted by molar-refractivity contribution is 9.10. The number of hydrogen-bond acceptors (Lipinski definition) is 5. The lowest BCUT2D eigenvalue weighted by molar-refractivity contribution is 0.102. The molecule has 1 aromatic heterocycles. The van der Waals surface area contributed by atoms with Crippen LogP contribution in [0.4, 0.5) is 9.52 Å². The Labute approximate surface area is 161 Å². The van der Waals surface area contributed by atoms with Gasteiger partial charge in [0.1, 0.15) is 17.3 Å². The van der Waals surface area contributed by atoms with Crippen molar-refractivity contribution >= 4 is 38.3 Å². The number of anilines is 1. The molecule has 1 amide bonds. The van der Waals surface area contributed by atoms with Gasteiger partial charge in [0.05, 0.1) is 25.5 Å². The van der Waals surface area contributed by atoms with Crippen molar-refractivity contribution in [3.63, 3.8) is 0 Å². The summed E-state index contributed by atoms with van der Waals surface area (Å²) >= 11 is 4.47. The van der Waals surface area contributed by atoms with Gasteiger partial charge >= 0.3 is 0 Å². The number of ether oxygens (including phenoxy) is 2. The normalized spacial score (nSPS) is 10.5. The summed E-state index contributed by atoms with van der Waals surface area (Å²) in [6, 6.07) is 9.55. The van der Waals surface area contributed by atoms with Gasteiger partial charge in [-0.25, -0.2) is 9.37 Å². The van der Waals surface area contributed by atoms with E-state index in [0.717, 1.165) is 5.56 Å². The summed E-state index contributed by atoms with van der Waals surface area (Å²) in [7, 11) is 3.14. The molecule has 0 saturated carbocycles. The SMILES string of the molecule is COc1ccc(OC)c(-c2csc(NC(=O)c3cc(Br)ccc3F)n2)c1. The maximum absolute atomic E-state index is 13.8. The van der Waals surface area contributed by atoms with Gasteiger partial charge in [0.2, 0.25) is 0 Å². The van der Waals surface area contributed by atoms with Crippen LogP contribution in [0.5, 0.6) is 11.5 Å². The molecule has 0 aliphatic carbocycles. The predicted octanol–water partition coefficient (Wildman–Crippen LogP) is 4.98. The third kappa shape index (κ3) is 3.86. The van der Waals surface area contributed by atoms with Crippen LogP contribution < -0.4 is 14.8 Å². The van der Waals surface area contributed by atoms with Crippen molar-refractivity contribution in [2.45, 2.75) is 0 Å². The van der Waals surface area contributed by atoms with Crippen molar-refractivity contribution in [1.82, 2.24) is 4.98 Å². The van der Waals surface area contributed by atoms with Crippen LogP contribution in [0, 0.1) is 5.82 Å². The highest BCUT2D eigenvalue weighted by atomic mass is 79.9. The molecule has 0 aliphatic heterocycles. The zero-order valence-corrected chi connectivity index (χ0v) is 16.3. The zero-order valence-electron chi connectivity index (χ0n) is 13.9. The summed E-state index contributed by atoms with van der Waals surface area (Å²) in [5.74, 6) is 0.127. The fourth-order valence-electron chi connectivity index (χ4n) is 2.31. The maximum Gasteiger partial charge on any atom is 0.260 e. The first-order valence-corrected chi connectivity index (χ1v) is 9.13. The van der Waals surface area contributed by atoms with Crippen LogP contribution in [0.15, 0.2) is 46.3 Å². The van der Waals surface area contributed by atoms with E-state index in [1.165, 1.54) is 29.5 Å². The van der Waals surface area contributed by atoms with Crippen molar-refractivity contribution in [1.29, 1.82) is 0 Å². The minimum absolute atomic E-state index is 0.0601. The molecule has 3 rings (SSSR count). The first-order valence-electron chi connectivity index (χ1n) is 7.46. The summed E-state index contributed by atoms with van der Waals surface area (Å²) in [6.45, 7) is 0. The largest absolute Gasteiger partial charge is 0.497 e. The number of halogens is 2. The highest BCUT2D eigenvalue weighted by Gasteiger charge is 2.16. The summed E-state index contributed by atoms with van der Waals surface area (Å²) in [6.07, 6.45) is 0. The second-order valence-electron chi connectivity index (χ2n) is 5.18. The maximum atomic E-state index is 13.8. The Bertz CT molecular complexity index is 961. The zero-order chi connectivity index (χ0) is 18.7. The minimum atomic E-state index is -0.600. The Balaban J connectivity index is 1.87. The lowest BCUT2D eigenvalue weighted by Gasteiger charge is -2.08. The van der Waals surface area contributed by atoms with E-state index in [1.54, 1.807) is 37.8 Å². The topological polar surface area (TPSA) is 60.5 Å². The van der Waals surface area contributed by atoms with Crippen LogP contribution in [0.25, 0.3) is 11.3 Å². The Morgan fingerprint density at radius 2 is 2.00 bits per heavy atom. The molecule has 0 spiro atoms. The highest BCUT2D eigenvalue weighted by Crippen LogP contribution is 2.35. The van der Waals surface area contributed by atoms with Gasteiger partial charge in [-0.1, -0.05) is 15.9 Å². The van der Waals surface area contributed by atoms with Crippen LogP contribution in [-0.2, 0) is 0 Å². The van der Waals surface area contributed by atoms with Gasteiger partial charge in [0, 0.05) is 15.4 Å². The van der Waals surface area contributed by atoms with Gasteiger partial charge in [0.15, 0.2) is 5.13 Å². The Morgan fingerprint density at radius 3 is 2.73 bits per heavy atom. The number of carbonyl (C=O) groups excluding carboxylic acids is 1. The molecule has 1 N–H and O–H groups in total. The number of methoxy groups -OCH3 is 2. The van der Waals surface area contributed by atoms with Gasteiger partial charge in [0.25, 0.3) is 5.91 Å². The number of amides is 1. The summed E-state index contributed by atoms with van der Waals surface area (Å²) < 4.78 is 25.1. The van der Waals surface area contributed by atoms with Gasteiger partial charge < -0.3 is 9.47 Å². The number of benzene rings is 2. The fraction of sp³-hybridized carbons (Fsp3) is 0.111. The second-order valence-corrected chi connectivity index (χ2v) is 6.96.